The van der Waals surface area contributed by atoms with Gasteiger partial charge in [0, 0.05) is 5.56 Å². The maximum absolute atomic E-state index is 11.0. The number of carboxylic acids is 1. The number of thiazole rings is 1. The minimum absolute atomic E-state index is 0.288. The third-order valence-corrected chi connectivity index (χ3v) is 4.03. The van der Waals surface area contributed by atoms with E-state index in [1.807, 2.05) is 25.1 Å². The Bertz CT molecular complexity index is 788. The number of carbonyl (C=O) groups is 1. The quantitative estimate of drug-likeness (QED) is 0.752. The van der Waals surface area contributed by atoms with Gasteiger partial charge in [-0.3, -0.25) is 0 Å². The fourth-order valence-electron chi connectivity index (χ4n) is 1.99. The first-order valence-electron chi connectivity index (χ1n) is 5.72. The van der Waals surface area contributed by atoms with Gasteiger partial charge in [0.25, 0.3) is 0 Å². The highest BCUT2D eigenvalue weighted by Crippen LogP contribution is 2.29. The van der Waals surface area contributed by atoms with E-state index in [1.165, 1.54) is 11.3 Å². The molecule has 96 valence electrons. The Labute approximate surface area is 113 Å². The second-order valence-corrected chi connectivity index (χ2v) is 5.29. The molecule has 0 spiro atoms. The van der Waals surface area contributed by atoms with E-state index in [4.69, 9.17) is 5.11 Å². The van der Waals surface area contributed by atoms with Crippen LogP contribution in [-0.2, 0) is 0 Å². The number of hydrogen-bond donors (Lipinski definition) is 2. The summed E-state index contributed by atoms with van der Waals surface area (Å²) in [6, 6.07) is 5.76. The van der Waals surface area contributed by atoms with Crippen molar-refractivity contribution >= 4 is 28.3 Å². The number of aromatic carboxylic acids is 1. The first kappa shape index (κ1) is 11.9. The number of rotatable bonds is 2. The fourth-order valence-corrected chi connectivity index (χ4v) is 2.89. The van der Waals surface area contributed by atoms with Crippen molar-refractivity contribution in [2.45, 2.75) is 13.8 Å². The lowest BCUT2D eigenvalue weighted by molar-refractivity contribution is 0.0701. The summed E-state index contributed by atoms with van der Waals surface area (Å²) in [7, 11) is 0. The van der Waals surface area contributed by atoms with E-state index in [1.54, 1.807) is 6.92 Å². The molecule has 0 fully saturated rings. The molecule has 0 aliphatic heterocycles. The molecule has 2 heterocycles. The number of fused-ring (bicyclic) bond motifs is 1. The number of H-pyrrole nitrogens is 1. The van der Waals surface area contributed by atoms with Crippen molar-refractivity contribution in [2.75, 3.05) is 0 Å². The summed E-state index contributed by atoms with van der Waals surface area (Å²) in [6.45, 7) is 3.61. The van der Waals surface area contributed by atoms with E-state index in [9.17, 15) is 4.79 Å². The number of aromatic nitrogens is 3. The number of nitrogens with zero attached hydrogens (tertiary/aromatic N) is 2. The minimum Gasteiger partial charge on any atom is -0.477 e. The number of hydrogen-bond acceptors (Lipinski definition) is 4. The Morgan fingerprint density at radius 2 is 2.11 bits per heavy atom. The Morgan fingerprint density at radius 3 is 2.79 bits per heavy atom. The van der Waals surface area contributed by atoms with E-state index in [0.717, 1.165) is 22.4 Å². The molecule has 0 radical (unpaired) electrons. The highest BCUT2D eigenvalue weighted by molar-refractivity contribution is 7.17. The highest BCUT2D eigenvalue weighted by Gasteiger charge is 2.15. The molecule has 0 saturated carbocycles. The van der Waals surface area contributed by atoms with E-state index < -0.39 is 5.97 Å². The summed E-state index contributed by atoms with van der Waals surface area (Å²) < 4.78 is 0. The molecule has 19 heavy (non-hydrogen) atoms. The molecule has 0 unspecified atom stereocenters. The van der Waals surface area contributed by atoms with Crippen LogP contribution in [0.15, 0.2) is 18.2 Å². The smallest absolute Gasteiger partial charge is 0.347 e. The predicted octanol–water partition coefficient (Wildman–Crippen LogP) is 3.00. The van der Waals surface area contributed by atoms with Gasteiger partial charge in [-0.1, -0.05) is 0 Å². The van der Waals surface area contributed by atoms with Crippen LogP contribution < -0.4 is 0 Å². The van der Waals surface area contributed by atoms with Gasteiger partial charge in [0.1, 0.15) is 15.7 Å². The van der Waals surface area contributed by atoms with Gasteiger partial charge in [0.05, 0.1) is 16.7 Å². The van der Waals surface area contributed by atoms with Gasteiger partial charge in [-0.25, -0.2) is 14.8 Å². The van der Waals surface area contributed by atoms with Crippen molar-refractivity contribution in [1.29, 1.82) is 0 Å². The van der Waals surface area contributed by atoms with Gasteiger partial charge < -0.3 is 10.1 Å². The van der Waals surface area contributed by atoms with Crippen molar-refractivity contribution in [3.05, 3.63) is 34.6 Å². The van der Waals surface area contributed by atoms with Gasteiger partial charge in [0.15, 0.2) is 0 Å². The van der Waals surface area contributed by atoms with Gasteiger partial charge in [-0.05, 0) is 32.0 Å². The summed E-state index contributed by atoms with van der Waals surface area (Å²) in [5.74, 6) is -0.0755. The van der Waals surface area contributed by atoms with Gasteiger partial charge in [-0.2, -0.15) is 0 Å². The molecule has 2 N–H and O–H groups in total. The topological polar surface area (TPSA) is 78.9 Å². The average Bonchev–Trinajstić information content (AvgIpc) is 2.89. The predicted molar refractivity (Wildman–Crippen MR) is 73.6 cm³/mol. The molecule has 0 atom stereocenters. The monoisotopic (exact) mass is 273 g/mol. The van der Waals surface area contributed by atoms with Gasteiger partial charge in [-0.15, -0.1) is 11.3 Å². The third kappa shape index (κ3) is 2.00. The molecule has 3 rings (SSSR count). The summed E-state index contributed by atoms with van der Waals surface area (Å²) in [4.78, 5) is 23.1. The summed E-state index contributed by atoms with van der Waals surface area (Å²) in [5, 5.41) is 9.77. The molecule has 3 aromatic rings. The zero-order valence-electron chi connectivity index (χ0n) is 10.4. The highest BCUT2D eigenvalue weighted by atomic mass is 32.1. The Kier molecular flexibility index (Phi) is 2.60. The molecule has 6 heteroatoms. The Hall–Kier alpha value is -2.21. The largest absolute Gasteiger partial charge is 0.477 e. The molecular formula is C13H11N3O2S. The first-order valence-corrected chi connectivity index (χ1v) is 6.53. The lowest BCUT2D eigenvalue weighted by Gasteiger charge is -1.95. The number of carboxylic acid groups (broad SMARTS) is 1. The third-order valence-electron chi connectivity index (χ3n) is 2.84. The van der Waals surface area contributed by atoms with Crippen molar-refractivity contribution in [2.24, 2.45) is 0 Å². The lowest BCUT2D eigenvalue weighted by atomic mass is 10.2. The van der Waals surface area contributed by atoms with E-state index in [-0.39, 0.29) is 4.88 Å². The summed E-state index contributed by atoms with van der Waals surface area (Å²) in [6.07, 6.45) is 0. The van der Waals surface area contributed by atoms with Crippen LogP contribution in [0.3, 0.4) is 0 Å². The maximum Gasteiger partial charge on any atom is 0.347 e. The van der Waals surface area contributed by atoms with Crippen molar-refractivity contribution in [1.82, 2.24) is 15.0 Å². The second-order valence-electron chi connectivity index (χ2n) is 4.29. The number of benzene rings is 1. The van der Waals surface area contributed by atoms with E-state index in [2.05, 4.69) is 15.0 Å². The first-order chi connectivity index (χ1) is 9.04. The lowest BCUT2D eigenvalue weighted by Crippen LogP contribution is -1.94. The van der Waals surface area contributed by atoms with Crippen LogP contribution in [0.1, 0.15) is 21.2 Å². The zero-order valence-corrected chi connectivity index (χ0v) is 11.2. The van der Waals surface area contributed by atoms with Gasteiger partial charge in [0.2, 0.25) is 0 Å². The van der Waals surface area contributed by atoms with Gasteiger partial charge >= 0.3 is 5.97 Å². The molecule has 2 aromatic heterocycles. The maximum atomic E-state index is 11.0. The van der Waals surface area contributed by atoms with Crippen molar-refractivity contribution < 1.29 is 9.90 Å². The van der Waals surface area contributed by atoms with Crippen LogP contribution in [-0.4, -0.2) is 26.0 Å². The number of aromatic amines is 1. The Morgan fingerprint density at radius 1 is 1.32 bits per heavy atom. The molecular weight excluding hydrogens is 262 g/mol. The Balaban J connectivity index is 2.13. The van der Waals surface area contributed by atoms with Crippen LogP contribution >= 0.6 is 11.3 Å². The van der Waals surface area contributed by atoms with Crippen molar-refractivity contribution in [3.8, 4) is 10.6 Å². The molecule has 1 aromatic carbocycles. The van der Waals surface area contributed by atoms with Crippen LogP contribution in [0.2, 0.25) is 0 Å². The van der Waals surface area contributed by atoms with Crippen LogP contribution in [0.25, 0.3) is 21.6 Å². The van der Waals surface area contributed by atoms with E-state index in [0.29, 0.717) is 10.7 Å². The molecule has 0 bridgehead atoms. The molecule has 0 amide bonds. The molecule has 5 nitrogen and oxygen atoms in total. The van der Waals surface area contributed by atoms with Crippen LogP contribution in [0.5, 0.6) is 0 Å². The number of imidazole rings is 1. The molecule has 0 aliphatic rings. The zero-order chi connectivity index (χ0) is 13.6. The minimum atomic E-state index is -0.931. The number of aryl methyl sites for hydroxylation is 2. The molecule has 0 aliphatic carbocycles. The van der Waals surface area contributed by atoms with Crippen molar-refractivity contribution in [3.63, 3.8) is 0 Å². The standard InChI is InChI=1S/C13H11N3O2S/c1-6-11(13(17)18)19-12(14-6)8-3-4-9-10(5-8)16-7(2)15-9/h3-5H,1-2H3,(H,15,16)(H,17,18). The van der Waals surface area contributed by atoms with Crippen LogP contribution in [0, 0.1) is 13.8 Å². The summed E-state index contributed by atoms with van der Waals surface area (Å²) in [5.41, 5.74) is 3.28. The van der Waals surface area contributed by atoms with E-state index >= 15 is 0 Å². The fraction of sp³-hybridized carbons (Fsp3) is 0.154. The SMILES string of the molecule is Cc1nc2ccc(-c3nc(C)c(C(=O)O)s3)cc2[nH]1. The summed E-state index contributed by atoms with van der Waals surface area (Å²) >= 11 is 1.19. The molecule has 0 saturated heterocycles. The average molecular weight is 273 g/mol. The second kappa shape index (κ2) is 4.17. The normalized spacial score (nSPS) is 11.1. The number of nitrogens with one attached hydrogen (secondary N) is 1. The van der Waals surface area contributed by atoms with Crippen LogP contribution in [0.4, 0.5) is 0 Å².